The maximum atomic E-state index is 9.51. The van der Waals surface area contributed by atoms with Crippen LogP contribution in [0.5, 0.6) is 5.75 Å². The van der Waals surface area contributed by atoms with Crippen molar-refractivity contribution in [3.8, 4) is 5.75 Å². The van der Waals surface area contributed by atoms with Crippen molar-refractivity contribution in [1.29, 1.82) is 0 Å². The van der Waals surface area contributed by atoms with E-state index in [1.807, 2.05) is 30.3 Å². The van der Waals surface area contributed by atoms with E-state index in [1.165, 1.54) is 0 Å². The van der Waals surface area contributed by atoms with Gasteiger partial charge in [0.25, 0.3) is 0 Å². The minimum atomic E-state index is -1.04. The van der Waals surface area contributed by atoms with Crippen molar-refractivity contribution >= 4 is 0 Å². The molecule has 0 bridgehead atoms. The molecule has 1 aromatic carbocycles. The van der Waals surface area contributed by atoms with Gasteiger partial charge in [0.05, 0.1) is 18.8 Å². The van der Waals surface area contributed by atoms with Gasteiger partial charge in [-0.15, -0.1) is 0 Å². The van der Waals surface area contributed by atoms with E-state index in [4.69, 9.17) is 9.84 Å². The molecule has 0 radical (unpaired) electrons. The molecule has 0 spiro atoms. The van der Waals surface area contributed by atoms with Crippen LogP contribution < -0.4 is 10.1 Å². The molecule has 0 saturated carbocycles. The molecular weight excluding hydrogens is 218 g/mol. The molecule has 96 valence electrons. The Hall–Kier alpha value is -1.10. The van der Waals surface area contributed by atoms with Gasteiger partial charge in [-0.2, -0.15) is 0 Å². The fraction of sp³-hybridized carbons (Fsp3) is 0.538. The van der Waals surface area contributed by atoms with Crippen molar-refractivity contribution in [2.75, 3.05) is 26.3 Å². The lowest BCUT2D eigenvalue weighted by Crippen LogP contribution is -2.41. The summed E-state index contributed by atoms with van der Waals surface area (Å²) < 4.78 is 5.51. The van der Waals surface area contributed by atoms with Gasteiger partial charge in [0, 0.05) is 6.54 Å². The Bertz CT molecular complexity index is 301. The molecule has 0 aliphatic carbocycles. The topological polar surface area (TPSA) is 61.7 Å². The van der Waals surface area contributed by atoms with Gasteiger partial charge in [-0.25, -0.2) is 0 Å². The van der Waals surface area contributed by atoms with Crippen LogP contribution in [0.1, 0.15) is 13.3 Å². The Kier molecular flexibility index (Phi) is 5.97. The number of hydrogen-bond donors (Lipinski definition) is 3. The van der Waals surface area contributed by atoms with Crippen LogP contribution >= 0.6 is 0 Å². The highest BCUT2D eigenvalue weighted by atomic mass is 16.5. The predicted molar refractivity (Wildman–Crippen MR) is 67.1 cm³/mol. The Labute approximate surface area is 102 Å². The van der Waals surface area contributed by atoms with Crippen LogP contribution in [0.3, 0.4) is 0 Å². The Balaban J connectivity index is 2.02. The maximum Gasteiger partial charge on any atom is 0.119 e. The average Bonchev–Trinajstić information content (AvgIpc) is 2.35. The molecular formula is C13H21NO3. The number of benzene rings is 1. The van der Waals surface area contributed by atoms with Crippen LogP contribution in [0.2, 0.25) is 0 Å². The molecule has 0 aromatic heterocycles. The molecule has 0 saturated heterocycles. The van der Waals surface area contributed by atoms with Gasteiger partial charge in [0.15, 0.2) is 0 Å². The van der Waals surface area contributed by atoms with E-state index in [9.17, 15) is 5.11 Å². The van der Waals surface area contributed by atoms with E-state index in [1.54, 1.807) is 6.92 Å². The van der Waals surface area contributed by atoms with Crippen LogP contribution in [0.25, 0.3) is 0 Å². The molecule has 17 heavy (non-hydrogen) atoms. The van der Waals surface area contributed by atoms with E-state index < -0.39 is 5.60 Å². The fourth-order valence-electron chi connectivity index (χ4n) is 1.32. The van der Waals surface area contributed by atoms with Gasteiger partial charge in [-0.3, -0.25) is 0 Å². The summed E-state index contributed by atoms with van der Waals surface area (Å²) in [6.07, 6.45) is 0.858. The first kappa shape index (κ1) is 14.0. The molecule has 4 heteroatoms. The molecule has 1 unspecified atom stereocenters. The maximum absolute atomic E-state index is 9.51. The van der Waals surface area contributed by atoms with Gasteiger partial charge in [0.2, 0.25) is 0 Å². The lowest BCUT2D eigenvalue weighted by Gasteiger charge is -2.20. The third-order valence-electron chi connectivity index (χ3n) is 2.36. The highest BCUT2D eigenvalue weighted by Crippen LogP contribution is 2.08. The van der Waals surface area contributed by atoms with Gasteiger partial charge < -0.3 is 20.3 Å². The summed E-state index contributed by atoms with van der Waals surface area (Å²) >= 11 is 0. The number of aliphatic hydroxyl groups excluding tert-OH is 1. The quantitative estimate of drug-likeness (QED) is 0.587. The monoisotopic (exact) mass is 239 g/mol. The summed E-state index contributed by atoms with van der Waals surface area (Å²) in [4.78, 5) is 0. The number of hydrogen-bond acceptors (Lipinski definition) is 4. The van der Waals surface area contributed by atoms with E-state index in [2.05, 4.69) is 5.32 Å². The lowest BCUT2D eigenvalue weighted by atomic mass is 10.1. The second-order valence-electron chi connectivity index (χ2n) is 4.35. The number of ether oxygens (including phenoxy) is 1. The van der Waals surface area contributed by atoms with E-state index in [-0.39, 0.29) is 6.61 Å². The Morgan fingerprint density at radius 3 is 2.65 bits per heavy atom. The fourth-order valence-corrected chi connectivity index (χ4v) is 1.32. The largest absolute Gasteiger partial charge is 0.494 e. The van der Waals surface area contributed by atoms with Crippen LogP contribution in [-0.4, -0.2) is 42.1 Å². The molecule has 0 fully saturated rings. The normalized spacial score (nSPS) is 14.3. The van der Waals surface area contributed by atoms with Crippen molar-refractivity contribution in [3.63, 3.8) is 0 Å². The number of nitrogens with one attached hydrogen (secondary N) is 1. The minimum absolute atomic E-state index is 0.236. The third kappa shape index (κ3) is 6.26. The van der Waals surface area contributed by atoms with Crippen LogP contribution in [-0.2, 0) is 0 Å². The van der Waals surface area contributed by atoms with Gasteiger partial charge in [-0.05, 0) is 32.0 Å². The van der Waals surface area contributed by atoms with Gasteiger partial charge in [0.1, 0.15) is 5.75 Å². The van der Waals surface area contributed by atoms with Crippen LogP contribution in [0.15, 0.2) is 30.3 Å². The first-order chi connectivity index (χ1) is 8.14. The zero-order valence-corrected chi connectivity index (χ0v) is 10.2. The standard InChI is InChI=1S/C13H21NO3/c1-13(16,11-15)10-14-8-5-9-17-12-6-3-2-4-7-12/h2-4,6-7,14-16H,5,8-11H2,1H3. The third-order valence-corrected chi connectivity index (χ3v) is 2.36. The Morgan fingerprint density at radius 1 is 1.29 bits per heavy atom. The summed E-state index contributed by atoms with van der Waals surface area (Å²) in [5.74, 6) is 0.870. The molecule has 0 amide bonds. The molecule has 1 aromatic rings. The molecule has 1 rings (SSSR count). The first-order valence-electron chi connectivity index (χ1n) is 5.86. The highest BCUT2D eigenvalue weighted by Gasteiger charge is 2.17. The molecule has 0 aliphatic rings. The van der Waals surface area contributed by atoms with Crippen molar-refractivity contribution in [2.24, 2.45) is 0 Å². The Morgan fingerprint density at radius 2 is 2.00 bits per heavy atom. The van der Waals surface area contributed by atoms with Crippen molar-refractivity contribution in [3.05, 3.63) is 30.3 Å². The second-order valence-corrected chi connectivity index (χ2v) is 4.35. The van der Waals surface area contributed by atoms with Gasteiger partial charge >= 0.3 is 0 Å². The smallest absolute Gasteiger partial charge is 0.119 e. The van der Waals surface area contributed by atoms with Crippen LogP contribution in [0.4, 0.5) is 0 Å². The minimum Gasteiger partial charge on any atom is -0.494 e. The molecule has 3 N–H and O–H groups in total. The summed E-state index contributed by atoms with van der Waals surface area (Å²) in [6, 6.07) is 9.66. The number of rotatable bonds is 8. The predicted octanol–water partition coefficient (Wildman–Crippen LogP) is 0.788. The average molecular weight is 239 g/mol. The van der Waals surface area contributed by atoms with Crippen molar-refractivity contribution < 1.29 is 14.9 Å². The highest BCUT2D eigenvalue weighted by molar-refractivity contribution is 5.20. The van der Waals surface area contributed by atoms with Gasteiger partial charge in [-0.1, -0.05) is 18.2 Å². The summed E-state index contributed by atoms with van der Waals surface area (Å²) in [5, 5.41) is 21.4. The van der Waals surface area contributed by atoms with Crippen molar-refractivity contribution in [2.45, 2.75) is 18.9 Å². The molecule has 4 nitrogen and oxygen atoms in total. The summed E-state index contributed by atoms with van der Waals surface area (Å²) in [5.41, 5.74) is -1.04. The second kappa shape index (κ2) is 7.27. The summed E-state index contributed by atoms with van der Waals surface area (Å²) in [6.45, 7) is 3.14. The van der Waals surface area contributed by atoms with Crippen molar-refractivity contribution in [1.82, 2.24) is 5.32 Å². The SMILES string of the molecule is CC(O)(CO)CNCCCOc1ccccc1. The number of aliphatic hydroxyl groups is 2. The molecule has 1 atom stereocenters. The first-order valence-corrected chi connectivity index (χ1v) is 5.86. The molecule has 0 heterocycles. The van der Waals surface area contributed by atoms with E-state index >= 15 is 0 Å². The summed E-state index contributed by atoms with van der Waals surface area (Å²) in [7, 11) is 0. The lowest BCUT2D eigenvalue weighted by molar-refractivity contribution is 0.00275. The van der Waals surface area contributed by atoms with Crippen LogP contribution in [0, 0.1) is 0 Å². The number of para-hydroxylation sites is 1. The van der Waals surface area contributed by atoms with E-state index in [0.29, 0.717) is 13.2 Å². The van der Waals surface area contributed by atoms with E-state index in [0.717, 1.165) is 18.7 Å². The zero-order valence-electron chi connectivity index (χ0n) is 10.2. The zero-order chi connectivity index (χ0) is 12.6. The molecule has 0 aliphatic heterocycles.